The molecular weight excluding hydrogens is 551 g/mol. The summed E-state index contributed by atoms with van der Waals surface area (Å²) in [6, 6.07) is 15.4. The zero-order valence-electron chi connectivity index (χ0n) is 19.2. The highest BCUT2D eigenvalue weighted by Gasteiger charge is 2.16. The summed E-state index contributed by atoms with van der Waals surface area (Å²) in [6.45, 7) is -0.378. The van der Waals surface area contributed by atoms with Crippen LogP contribution in [0, 0.1) is 27.3 Å². The normalized spacial score (nSPS) is 10.7. The molecule has 0 radical (unpaired) electrons. The highest BCUT2D eigenvalue weighted by Crippen LogP contribution is 2.37. The van der Waals surface area contributed by atoms with E-state index in [1.165, 1.54) is 67.8 Å². The molecule has 3 aromatic carbocycles. The molecule has 0 atom stereocenters. The molecule has 0 aliphatic heterocycles. The summed E-state index contributed by atoms with van der Waals surface area (Å²) in [5, 5.41) is 25.4. The van der Waals surface area contributed by atoms with Gasteiger partial charge in [0.05, 0.1) is 16.5 Å². The third-order valence-electron chi connectivity index (χ3n) is 4.72. The van der Waals surface area contributed by atoms with Gasteiger partial charge in [-0.3, -0.25) is 19.7 Å². The first-order valence-corrected chi connectivity index (χ1v) is 11.2. The van der Waals surface area contributed by atoms with Crippen molar-refractivity contribution in [3.8, 4) is 17.6 Å². The summed E-state index contributed by atoms with van der Waals surface area (Å²) < 4.78 is 24.3. The maximum atomic E-state index is 13.0. The number of rotatable bonds is 9. The fourth-order valence-electron chi connectivity index (χ4n) is 3.04. The summed E-state index contributed by atoms with van der Waals surface area (Å²) in [7, 11) is 1.38. The van der Waals surface area contributed by atoms with Gasteiger partial charge in [-0.05, 0) is 70.0 Å². The Morgan fingerprint density at radius 2 is 1.86 bits per heavy atom. The number of methoxy groups -OCH3 is 1. The largest absolute Gasteiger partial charge is 0.493 e. The summed E-state index contributed by atoms with van der Waals surface area (Å²) in [5.41, 5.74) is 0.469. The summed E-state index contributed by atoms with van der Waals surface area (Å²) in [6.07, 6.45) is 1.30. The van der Waals surface area contributed by atoms with Gasteiger partial charge in [-0.15, -0.1) is 0 Å². The summed E-state index contributed by atoms with van der Waals surface area (Å²) in [5.74, 6) is -1.27. The Bertz CT molecular complexity index is 1420. The van der Waals surface area contributed by atoms with Gasteiger partial charge in [-0.25, -0.2) is 4.39 Å². The number of anilines is 2. The van der Waals surface area contributed by atoms with Crippen LogP contribution in [0.5, 0.6) is 11.5 Å². The standard InChI is InChI=1S/C25H18BrFN4O6/c1-36-22-11-15(9-16(13-28)25(33)30-19-3-2-4-20(12-19)31(34)35)10-21(26)24(22)37-14-23(32)29-18-7-5-17(27)6-8-18/h2-12H,14H2,1H3,(H,29,32)(H,30,33)/b16-9-. The molecule has 0 aliphatic carbocycles. The number of nitrogens with zero attached hydrogens (tertiary/aromatic N) is 2. The van der Waals surface area contributed by atoms with Crippen LogP contribution >= 0.6 is 15.9 Å². The summed E-state index contributed by atoms with van der Waals surface area (Å²) >= 11 is 3.33. The van der Waals surface area contributed by atoms with Crippen molar-refractivity contribution in [1.82, 2.24) is 0 Å². The Balaban J connectivity index is 1.74. The highest BCUT2D eigenvalue weighted by atomic mass is 79.9. The van der Waals surface area contributed by atoms with Crippen LogP contribution in [0.25, 0.3) is 6.08 Å². The van der Waals surface area contributed by atoms with Crippen LogP contribution in [-0.2, 0) is 9.59 Å². The van der Waals surface area contributed by atoms with Crippen molar-refractivity contribution in [3.63, 3.8) is 0 Å². The Morgan fingerprint density at radius 3 is 2.51 bits per heavy atom. The monoisotopic (exact) mass is 568 g/mol. The van der Waals surface area contributed by atoms with Gasteiger partial charge >= 0.3 is 0 Å². The first-order chi connectivity index (χ1) is 17.7. The zero-order chi connectivity index (χ0) is 26.9. The molecule has 37 heavy (non-hydrogen) atoms. The number of amides is 2. The Kier molecular flexibility index (Phi) is 8.90. The van der Waals surface area contributed by atoms with Gasteiger partial charge in [0, 0.05) is 23.5 Å². The minimum atomic E-state index is -0.768. The predicted octanol–water partition coefficient (Wildman–Crippen LogP) is 5.07. The number of carbonyl (C=O) groups is 2. The van der Waals surface area contributed by atoms with Crippen molar-refractivity contribution < 1.29 is 28.4 Å². The number of nitro benzene ring substituents is 1. The number of nitro groups is 1. The average molecular weight is 569 g/mol. The van der Waals surface area contributed by atoms with Gasteiger partial charge in [0.15, 0.2) is 18.1 Å². The molecule has 0 fully saturated rings. The molecule has 0 saturated carbocycles. The topological polar surface area (TPSA) is 144 Å². The fourth-order valence-corrected chi connectivity index (χ4v) is 3.62. The number of hydrogen-bond acceptors (Lipinski definition) is 7. The number of carbonyl (C=O) groups excluding carboxylic acids is 2. The van der Waals surface area contributed by atoms with Crippen molar-refractivity contribution in [3.05, 3.63) is 92.2 Å². The van der Waals surface area contributed by atoms with Crippen LogP contribution in [-0.4, -0.2) is 30.5 Å². The van der Waals surface area contributed by atoms with Crippen LogP contribution in [0.3, 0.4) is 0 Å². The minimum Gasteiger partial charge on any atom is -0.493 e. The van der Waals surface area contributed by atoms with E-state index in [0.29, 0.717) is 15.7 Å². The van der Waals surface area contributed by atoms with E-state index in [9.17, 15) is 29.4 Å². The number of non-ortho nitro benzene ring substituents is 1. The van der Waals surface area contributed by atoms with Gasteiger partial charge in [0.25, 0.3) is 17.5 Å². The van der Waals surface area contributed by atoms with Crippen molar-refractivity contribution >= 4 is 50.9 Å². The Labute approximate surface area is 218 Å². The lowest BCUT2D eigenvalue weighted by Gasteiger charge is -2.14. The molecule has 2 N–H and O–H groups in total. The van der Waals surface area contributed by atoms with E-state index in [4.69, 9.17) is 9.47 Å². The molecule has 0 spiro atoms. The number of benzene rings is 3. The Morgan fingerprint density at radius 1 is 1.14 bits per heavy atom. The van der Waals surface area contributed by atoms with Crippen LogP contribution in [0.1, 0.15) is 5.56 Å². The van der Waals surface area contributed by atoms with E-state index in [2.05, 4.69) is 26.6 Å². The molecule has 0 unspecified atom stereocenters. The zero-order valence-corrected chi connectivity index (χ0v) is 20.7. The molecule has 0 aromatic heterocycles. The van der Waals surface area contributed by atoms with Crippen molar-refractivity contribution in [2.24, 2.45) is 0 Å². The third-order valence-corrected chi connectivity index (χ3v) is 5.31. The molecule has 3 aromatic rings. The smallest absolute Gasteiger partial charge is 0.271 e. The lowest BCUT2D eigenvalue weighted by atomic mass is 10.1. The van der Waals surface area contributed by atoms with E-state index in [0.717, 1.165) is 0 Å². The highest BCUT2D eigenvalue weighted by molar-refractivity contribution is 9.10. The first-order valence-electron chi connectivity index (χ1n) is 10.4. The van der Waals surface area contributed by atoms with Gasteiger partial charge in [0.2, 0.25) is 0 Å². The maximum absolute atomic E-state index is 13.0. The lowest BCUT2D eigenvalue weighted by Crippen LogP contribution is -2.20. The molecule has 0 heterocycles. The van der Waals surface area contributed by atoms with E-state index in [1.807, 2.05) is 0 Å². The fraction of sp³-hybridized carbons (Fsp3) is 0.0800. The van der Waals surface area contributed by atoms with Gasteiger partial charge < -0.3 is 20.1 Å². The van der Waals surface area contributed by atoms with Gasteiger partial charge in [-0.1, -0.05) is 6.07 Å². The number of hydrogen-bond donors (Lipinski definition) is 2. The predicted molar refractivity (Wildman–Crippen MR) is 137 cm³/mol. The number of nitriles is 1. The molecule has 0 bridgehead atoms. The van der Waals surface area contributed by atoms with E-state index in [-0.39, 0.29) is 35.1 Å². The SMILES string of the molecule is COc1cc(/C=C(/C#N)C(=O)Nc2cccc([N+](=O)[O-])c2)cc(Br)c1OCC(=O)Nc1ccc(F)cc1. The molecule has 188 valence electrons. The minimum absolute atomic E-state index is 0.154. The van der Waals surface area contributed by atoms with Crippen molar-refractivity contribution in [2.45, 2.75) is 0 Å². The van der Waals surface area contributed by atoms with E-state index < -0.39 is 22.6 Å². The molecule has 10 nitrogen and oxygen atoms in total. The summed E-state index contributed by atoms with van der Waals surface area (Å²) in [4.78, 5) is 35.1. The number of halogens is 2. The second-order valence-electron chi connectivity index (χ2n) is 7.31. The molecule has 3 rings (SSSR count). The van der Waals surface area contributed by atoms with E-state index >= 15 is 0 Å². The van der Waals surface area contributed by atoms with E-state index in [1.54, 1.807) is 12.1 Å². The second kappa shape index (κ2) is 12.3. The molecular formula is C25H18BrFN4O6. The van der Waals surface area contributed by atoms with Gasteiger partial charge in [-0.2, -0.15) is 5.26 Å². The van der Waals surface area contributed by atoms with Crippen LogP contribution in [0.15, 0.2) is 70.7 Å². The van der Waals surface area contributed by atoms with Crippen LogP contribution in [0.4, 0.5) is 21.5 Å². The lowest BCUT2D eigenvalue weighted by molar-refractivity contribution is -0.384. The first kappa shape index (κ1) is 26.8. The third kappa shape index (κ3) is 7.36. The van der Waals surface area contributed by atoms with Crippen LogP contribution < -0.4 is 20.1 Å². The molecule has 12 heteroatoms. The molecule has 0 aliphatic rings. The van der Waals surface area contributed by atoms with Crippen LogP contribution in [0.2, 0.25) is 0 Å². The van der Waals surface area contributed by atoms with Crippen molar-refractivity contribution in [2.75, 3.05) is 24.4 Å². The number of nitrogens with one attached hydrogen (secondary N) is 2. The molecule has 2 amide bonds. The number of ether oxygens (including phenoxy) is 2. The van der Waals surface area contributed by atoms with Crippen molar-refractivity contribution in [1.29, 1.82) is 5.26 Å². The molecule has 0 saturated heterocycles. The average Bonchev–Trinajstić information content (AvgIpc) is 2.87. The van der Waals surface area contributed by atoms with Gasteiger partial charge in [0.1, 0.15) is 17.5 Å². The second-order valence-corrected chi connectivity index (χ2v) is 8.16. The Hall–Kier alpha value is -4.76. The maximum Gasteiger partial charge on any atom is 0.271 e. The quantitative estimate of drug-likeness (QED) is 0.159.